The predicted molar refractivity (Wildman–Crippen MR) is 34.1 cm³/mol. The van der Waals surface area contributed by atoms with Crippen molar-refractivity contribution in [3.05, 3.63) is 0 Å². The van der Waals surface area contributed by atoms with Gasteiger partial charge in [0.2, 0.25) is 0 Å². The molecule has 0 unspecified atom stereocenters. The van der Waals surface area contributed by atoms with Gasteiger partial charge in [0.25, 0.3) is 0 Å². The minimum atomic E-state index is 0. The molecule has 0 rings (SSSR count). The Hall–Kier alpha value is 2.44. The van der Waals surface area contributed by atoms with E-state index in [9.17, 15) is 0 Å². The van der Waals surface area contributed by atoms with Crippen LogP contribution >= 0.6 is 0 Å². The van der Waals surface area contributed by atoms with Crippen LogP contribution in [0.3, 0.4) is 0 Å². The summed E-state index contributed by atoms with van der Waals surface area (Å²) in [5.74, 6) is 0. The first-order valence-electron chi connectivity index (χ1n) is 1.32. The molecule has 0 aromatic rings. The summed E-state index contributed by atoms with van der Waals surface area (Å²) in [6.07, 6.45) is 0. The molecule has 0 saturated carbocycles. The molecule has 0 bridgehead atoms. The Bertz CT molecular complexity index is 21.2. The van der Waals surface area contributed by atoms with Crippen LogP contribution in [0.15, 0.2) is 0 Å². The molecule has 0 fully saturated rings. The van der Waals surface area contributed by atoms with E-state index >= 15 is 0 Å². The summed E-state index contributed by atoms with van der Waals surface area (Å²) < 4.78 is 0. The molecule has 0 aliphatic rings. The van der Waals surface area contributed by atoms with Crippen molar-refractivity contribution in [3.8, 4) is 0 Å². The molecule has 0 aliphatic carbocycles. The van der Waals surface area contributed by atoms with E-state index in [-0.39, 0.29) is 81.2 Å². The van der Waals surface area contributed by atoms with Gasteiger partial charge in [0.05, 0.1) is 0 Å². The summed E-state index contributed by atoms with van der Waals surface area (Å²) >= 11 is 0. The molecule has 0 saturated heterocycles. The van der Waals surface area contributed by atoms with Crippen molar-refractivity contribution in [3.63, 3.8) is 0 Å². The van der Waals surface area contributed by atoms with Crippen LogP contribution in [-0.4, -0.2) is 88.6 Å². The minimum Gasteiger partial charge on any atom is -1.00 e. The van der Waals surface area contributed by atoms with Crippen LogP contribution in [0.5, 0.6) is 0 Å². The van der Waals surface area contributed by atoms with Gasteiger partial charge < -0.3 is 17.2 Å². The predicted octanol–water partition coefficient (Wildman–Crippen LogP) is -1.41. The summed E-state index contributed by atoms with van der Waals surface area (Å²) in [7, 11) is 0. The van der Waals surface area contributed by atoms with Crippen molar-refractivity contribution in [2.45, 2.75) is 0 Å². The second-order valence-corrected chi connectivity index (χ2v) is 0.577. The van der Waals surface area contributed by atoms with Crippen LogP contribution in [0.1, 0.15) is 5.71 Å². The van der Waals surface area contributed by atoms with Gasteiger partial charge >= 0.3 is 75.5 Å². The molecular formula is C2H12Ca2N2. The molecule has 0 radical (unpaired) electrons. The van der Waals surface area contributed by atoms with Gasteiger partial charge in [-0.05, 0) is 0 Å². The molecule has 0 amide bonds. The molecule has 0 spiro atoms. The van der Waals surface area contributed by atoms with Crippen LogP contribution in [0.25, 0.3) is 0 Å². The van der Waals surface area contributed by atoms with E-state index in [1.807, 2.05) is 0 Å². The van der Waals surface area contributed by atoms with Crippen LogP contribution < -0.4 is 11.5 Å². The number of hydrogen-bond donors (Lipinski definition) is 2. The smallest absolute Gasteiger partial charge is 1.00 e. The van der Waals surface area contributed by atoms with Crippen molar-refractivity contribution in [2.24, 2.45) is 11.5 Å². The van der Waals surface area contributed by atoms with E-state index in [4.69, 9.17) is 11.5 Å². The average Bonchev–Trinajstić information content (AvgIpc) is 1.37. The average molecular weight is 144 g/mol. The Labute approximate surface area is 104 Å². The molecule has 2 nitrogen and oxygen atoms in total. The summed E-state index contributed by atoms with van der Waals surface area (Å²) in [6.45, 7) is 1.19. The first-order chi connectivity index (χ1) is 1.91. The van der Waals surface area contributed by atoms with Gasteiger partial charge in [0, 0.05) is 13.1 Å². The maximum atomic E-state index is 4.90. The number of nitrogens with two attached hydrogens (primary N) is 2. The Morgan fingerprint density at radius 3 is 1.17 bits per heavy atom. The molecule has 0 aliphatic heterocycles. The Kier molecular flexibility index (Phi) is 41.2. The largest absolute Gasteiger partial charge is 2.00 e. The normalized spacial score (nSPS) is 5.00. The first kappa shape index (κ1) is 15.8. The summed E-state index contributed by atoms with van der Waals surface area (Å²) in [5.41, 5.74) is 9.81. The van der Waals surface area contributed by atoms with Crippen molar-refractivity contribution in [2.75, 3.05) is 13.1 Å². The second-order valence-electron chi connectivity index (χ2n) is 0.577. The molecule has 0 aromatic heterocycles. The quantitative estimate of drug-likeness (QED) is 0.444. The third-order valence-electron chi connectivity index (χ3n) is 0.167. The Morgan fingerprint density at radius 2 is 1.17 bits per heavy atom. The summed E-state index contributed by atoms with van der Waals surface area (Å²) in [6, 6.07) is 0. The molecule has 4 heteroatoms. The van der Waals surface area contributed by atoms with E-state index < -0.39 is 0 Å². The van der Waals surface area contributed by atoms with Crippen LogP contribution in [0, 0.1) is 0 Å². The summed E-state index contributed by atoms with van der Waals surface area (Å²) in [4.78, 5) is 0. The zero-order chi connectivity index (χ0) is 3.41. The van der Waals surface area contributed by atoms with Gasteiger partial charge in [-0.2, -0.15) is 0 Å². The van der Waals surface area contributed by atoms with Crippen LogP contribution in [0.4, 0.5) is 0 Å². The van der Waals surface area contributed by atoms with Crippen molar-refractivity contribution >= 4 is 75.5 Å². The molecule has 34 valence electrons. The molecule has 6 heavy (non-hydrogen) atoms. The maximum absolute atomic E-state index is 4.90. The van der Waals surface area contributed by atoms with Crippen molar-refractivity contribution < 1.29 is 5.71 Å². The Morgan fingerprint density at radius 1 is 1.00 bits per heavy atom. The SMILES string of the molecule is NCCN.[Ca+2].[Ca+2].[H-].[H-].[H-].[H-]. The van der Waals surface area contributed by atoms with Gasteiger partial charge in [-0.3, -0.25) is 0 Å². The number of hydrogen-bond acceptors (Lipinski definition) is 2. The van der Waals surface area contributed by atoms with Gasteiger partial charge in [-0.25, -0.2) is 0 Å². The fraction of sp³-hybridized carbons (Fsp3) is 1.00. The third-order valence-corrected chi connectivity index (χ3v) is 0.167. The maximum Gasteiger partial charge on any atom is 2.00 e. The standard InChI is InChI=1S/C2H8N2.2Ca.4H/c3-1-2-4;;;;;;/h1-4H2;;;;;;/q;2*+2;4*-1. The van der Waals surface area contributed by atoms with E-state index in [0.717, 1.165) is 0 Å². The van der Waals surface area contributed by atoms with E-state index in [1.165, 1.54) is 0 Å². The van der Waals surface area contributed by atoms with E-state index in [0.29, 0.717) is 13.1 Å². The van der Waals surface area contributed by atoms with Crippen LogP contribution in [0.2, 0.25) is 0 Å². The van der Waals surface area contributed by atoms with Crippen LogP contribution in [-0.2, 0) is 0 Å². The van der Waals surface area contributed by atoms with Gasteiger partial charge in [0.15, 0.2) is 0 Å². The van der Waals surface area contributed by atoms with Crippen molar-refractivity contribution in [1.82, 2.24) is 0 Å². The minimum absolute atomic E-state index is 0. The van der Waals surface area contributed by atoms with Gasteiger partial charge in [-0.15, -0.1) is 0 Å². The fourth-order valence-electron chi connectivity index (χ4n) is 0. The van der Waals surface area contributed by atoms with E-state index in [2.05, 4.69) is 0 Å². The molecule has 0 aromatic carbocycles. The van der Waals surface area contributed by atoms with Crippen molar-refractivity contribution in [1.29, 1.82) is 0 Å². The number of rotatable bonds is 1. The fourth-order valence-corrected chi connectivity index (χ4v) is 0. The first-order valence-corrected chi connectivity index (χ1v) is 1.32. The molecule has 4 N–H and O–H groups in total. The summed E-state index contributed by atoms with van der Waals surface area (Å²) in [5, 5.41) is 0. The zero-order valence-electron chi connectivity index (χ0n) is 7.98. The third kappa shape index (κ3) is 16.1. The monoisotopic (exact) mass is 144 g/mol. The second kappa shape index (κ2) is 15.7. The molecule has 0 heterocycles. The topological polar surface area (TPSA) is 52.0 Å². The van der Waals surface area contributed by atoms with Gasteiger partial charge in [-0.1, -0.05) is 0 Å². The Balaban J connectivity index is -0.00000000300. The van der Waals surface area contributed by atoms with Gasteiger partial charge in [0.1, 0.15) is 0 Å². The van der Waals surface area contributed by atoms with E-state index in [1.54, 1.807) is 0 Å². The zero-order valence-corrected chi connectivity index (χ0v) is 8.40. The molecular weight excluding hydrogens is 132 g/mol. The molecule has 0 atom stereocenters.